The van der Waals surface area contributed by atoms with E-state index in [-0.39, 0.29) is 5.92 Å². The number of rotatable bonds is 6. The van der Waals surface area contributed by atoms with Crippen LogP contribution in [-0.4, -0.2) is 39.1 Å². The summed E-state index contributed by atoms with van der Waals surface area (Å²) in [7, 11) is -4.18. The molecule has 1 fully saturated rings. The van der Waals surface area contributed by atoms with Crippen LogP contribution in [0.5, 0.6) is 5.75 Å². The first-order valence-corrected chi connectivity index (χ1v) is 10.7. The summed E-state index contributed by atoms with van der Waals surface area (Å²) in [6, 6.07) is 1.43. The number of aryl methyl sites for hydroxylation is 1. The topological polar surface area (TPSA) is 98.7 Å². The molecule has 1 atom stereocenters. The van der Waals surface area contributed by atoms with E-state index in [1.54, 1.807) is 4.72 Å². The molecule has 0 aromatic heterocycles. The molecule has 1 aliphatic carbocycles. The third-order valence-electron chi connectivity index (χ3n) is 5.13. The Morgan fingerprint density at radius 3 is 2.81 bits per heavy atom. The Morgan fingerprint density at radius 2 is 2.19 bits per heavy atom. The molecule has 1 aliphatic heterocycles. The van der Waals surface area contributed by atoms with Crippen molar-refractivity contribution >= 4 is 21.8 Å². The number of aromatic hydroxyl groups is 1. The number of phenolic OH excluding ortho intramolecular Hbond substituents is 1. The van der Waals surface area contributed by atoms with Gasteiger partial charge in [0.15, 0.2) is 5.82 Å². The first-order chi connectivity index (χ1) is 12.7. The zero-order chi connectivity index (χ0) is 19.8. The standard InChI is InChI=1S/C18H26FN3O4S/c1-11(2)5-6-20-9-12-3-4-13-8-15(23)18(17(19)14(13)7-12)22-10-16(24)21-27(22,25)26/h8,11-12,20,23H,3-7,9-10H2,1-2H3,(H,21,24). The number of phenols is 1. The van der Waals surface area contributed by atoms with Crippen LogP contribution in [0.4, 0.5) is 10.1 Å². The van der Waals surface area contributed by atoms with E-state index in [2.05, 4.69) is 19.2 Å². The van der Waals surface area contributed by atoms with Gasteiger partial charge in [0.25, 0.3) is 5.91 Å². The fourth-order valence-corrected chi connectivity index (χ4v) is 4.83. The number of hydrogen-bond donors (Lipinski definition) is 3. The van der Waals surface area contributed by atoms with Crippen molar-refractivity contribution in [2.75, 3.05) is 23.9 Å². The van der Waals surface area contributed by atoms with Crippen LogP contribution < -0.4 is 14.3 Å². The summed E-state index contributed by atoms with van der Waals surface area (Å²) in [5, 5.41) is 13.6. The van der Waals surface area contributed by atoms with Gasteiger partial charge in [-0.15, -0.1) is 0 Å². The molecule has 27 heavy (non-hydrogen) atoms. The van der Waals surface area contributed by atoms with Gasteiger partial charge >= 0.3 is 10.2 Å². The van der Waals surface area contributed by atoms with Crippen LogP contribution in [0.2, 0.25) is 0 Å². The molecule has 3 rings (SSSR count). The van der Waals surface area contributed by atoms with E-state index in [1.807, 2.05) is 0 Å². The Balaban J connectivity index is 1.81. The van der Waals surface area contributed by atoms with Gasteiger partial charge in [-0.2, -0.15) is 8.42 Å². The van der Waals surface area contributed by atoms with Gasteiger partial charge in [0.2, 0.25) is 0 Å². The van der Waals surface area contributed by atoms with E-state index < -0.39 is 39.9 Å². The van der Waals surface area contributed by atoms with E-state index in [9.17, 15) is 18.3 Å². The predicted octanol–water partition coefficient (Wildman–Crippen LogP) is 1.45. The largest absolute Gasteiger partial charge is 0.506 e. The highest BCUT2D eigenvalue weighted by atomic mass is 32.2. The molecular weight excluding hydrogens is 373 g/mol. The van der Waals surface area contributed by atoms with E-state index >= 15 is 4.39 Å². The lowest BCUT2D eigenvalue weighted by Gasteiger charge is -2.28. The maximum Gasteiger partial charge on any atom is 0.326 e. The van der Waals surface area contributed by atoms with Crippen molar-refractivity contribution in [3.8, 4) is 5.75 Å². The van der Waals surface area contributed by atoms with Crippen LogP contribution in [0, 0.1) is 17.7 Å². The molecule has 0 bridgehead atoms. The minimum atomic E-state index is -4.18. The fourth-order valence-electron chi connectivity index (χ4n) is 3.67. The molecule has 0 spiro atoms. The number of amides is 1. The second-order valence-electron chi connectivity index (χ2n) is 7.73. The molecule has 0 saturated carbocycles. The van der Waals surface area contributed by atoms with Gasteiger partial charge in [-0.3, -0.25) is 4.79 Å². The maximum atomic E-state index is 15.2. The van der Waals surface area contributed by atoms with Gasteiger partial charge in [-0.05, 0) is 67.8 Å². The first-order valence-electron chi connectivity index (χ1n) is 9.26. The number of nitrogens with zero attached hydrogens (tertiary/aromatic N) is 1. The van der Waals surface area contributed by atoms with E-state index in [0.29, 0.717) is 34.2 Å². The molecule has 150 valence electrons. The minimum Gasteiger partial charge on any atom is -0.506 e. The molecule has 3 N–H and O–H groups in total. The SMILES string of the molecule is CC(C)CCNCC1CCc2cc(O)c(N3CC(=O)NS3(=O)=O)c(F)c2C1. The van der Waals surface area contributed by atoms with E-state index in [0.717, 1.165) is 25.9 Å². The monoisotopic (exact) mass is 399 g/mol. The van der Waals surface area contributed by atoms with Gasteiger partial charge < -0.3 is 10.4 Å². The van der Waals surface area contributed by atoms with Gasteiger partial charge in [0.05, 0.1) is 0 Å². The van der Waals surface area contributed by atoms with Crippen LogP contribution in [0.15, 0.2) is 6.07 Å². The lowest BCUT2D eigenvalue weighted by atomic mass is 9.83. The summed E-state index contributed by atoms with van der Waals surface area (Å²) >= 11 is 0. The quantitative estimate of drug-likeness (QED) is 0.629. The van der Waals surface area contributed by atoms with Crippen molar-refractivity contribution in [3.63, 3.8) is 0 Å². The maximum absolute atomic E-state index is 15.2. The van der Waals surface area contributed by atoms with Crippen LogP contribution in [0.1, 0.15) is 37.8 Å². The third kappa shape index (κ3) is 4.19. The van der Waals surface area contributed by atoms with Gasteiger partial charge in [-0.25, -0.2) is 13.4 Å². The number of benzene rings is 1. The van der Waals surface area contributed by atoms with E-state index in [4.69, 9.17) is 0 Å². The second-order valence-corrected chi connectivity index (χ2v) is 9.32. The third-order valence-corrected chi connectivity index (χ3v) is 6.51. The normalized spacial score (nSPS) is 21.4. The zero-order valence-corrected chi connectivity index (χ0v) is 16.4. The molecule has 1 amide bonds. The van der Waals surface area contributed by atoms with Crippen molar-refractivity contribution in [3.05, 3.63) is 23.0 Å². The van der Waals surface area contributed by atoms with Crippen molar-refractivity contribution < 1.29 is 22.7 Å². The van der Waals surface area contributed by atoms with Gasteiger partial charge in [0, 0.05) is 0 Å². The summed E-state index contributed by atoms with van der Waals surface area (Å²) in [6.07, 6.45) is 3.05. The molecule has 2 aliphatic rings. The van der Waals surface area contributed by atoms with Gasteiger partial charge in [0.1, 0.15) is 18.0 Å². The summed E-state index contributed by atoms with van der Waals surface area (Å²) in [5.41, 5.74) is 0.683. The number of carbonyl (C=O) groups excluding carboxylic acids is 1. The Kier molecular flexibility index (Phi) is 5.62. The second kappa shape index (κ2) is 7.63. The van der Waals surface area contributed by atoms with E-state index in [1.165, 1.54) is 6.07 Å². The summed E-state index contributed by atoms with van der Waals surface area (Å²) in [6.45, 7) is 5.46. The molecule has 0 radical (unpaired) electrons. The lowest BCUT2D eigenvalue weighted by Crippen LogP contribution is -2.32. The van der Waals surface area contributed by atoms with Crippen molar-refractivity contribution in [1.82, 2.24) is 10.0 Å². The van der Waals surface area contributed by atoms with Crippen LogP contribution in [0.25, 0.3) is 0 Å². The Hall–Kier alpha value is -1.87. The number of nitrogens with one attached hydrogen (secondary N) is 2. The highest BCUT2D eigenvalue weighted by Gasteiger charge is 2.39. The van der Waals surface area contributed by atoms with Crippen molar-refractivity contribution in [2.45, 2.75) is 39.5 Å². The first kappa shape index (κ1) is 19.9. The van der Waals surface area contributed by atoms with Crippen molar-refractivity contribution in [2.24, 2.45) is 11.8 Å². The average molecular weight is 399 g/mol. The highest BCUT2D eigenvalue weighted by molar-refractivity contribution is 7.92. The van der Waals surface area contributed by atoms with Gasteiger partial charge in [-0.1, -0.05) is 13.8 Å². The molecule has 1 aromatic rings. The average Bonchev–Trinajstić information content (AvgIpc) is 2.84. The summed E-state index contributed by atoms with van der Waals surface area (Å²) in [4.78, 5) is 11.5. The molecular formula is C18H26FN3O4S. The Labute approximate surface area is 159 Å². The molecule has 1 saturated heterocycles. The smallest absolute Gasteiger partial charge is 0.326 e. The van der Waals surface area contributed by atoms with Crippen LogP contribution in [0.3, 0.4) is 0 Å². The molecule has 1 unspecified atom stereocenters. The number of fused-ring (bicyclic) bond motifs is 1. The van der Waals surface area contributed by atoms with Crippen molar-refractivity contribution in [1.29, 1.82) is 0 Å². The number of anilines is 1. The zero-order valence-electron chi connectivity index (χ0n) is 15.6. The lowest BCUT2D eigenvalue weighted by molar-refractivity contribution is -0.117. The highest BCUT2D eigenvalue weighted by Crippen LogP contribution is 2.40. The Morgan fingerprint density at radius 1 is 1.44 bits per heavy atom. The summed E-state index contributed by atoms with van der Waals surface area (Å²) < 4.78 is 41.7. The molecule has 1 heterocycles. The predicted molar refractivity (Wildman–Crippen MR) is 100 cm³/mol. The van der Waals surface area contributed by atoms with Crippen LogP contribution in [-0.2, 0) is 27.8 Å². The molecule has 9 heteroatoms. The fraction of sp³-hybridized carbons (Fsp3) is 0.611. The molecule has 7 nitrogen and oxygen atoms in total. The van der Waals surface area contributed by atoms with Crippen LogP contribution >= 0.6 is 0 Å². The number of hydrogen-bond acceptors (Lipinski definition) is 5. The minimum absolute atomic E-state index is 0.242. The number of carbonyl (C=O) groups is 1. The molecule has 1 aromatic carbocycles. The number of halogens is 1. The summed E-state index contributed by atoms with van der Waals surface area (Å²) in [5.74, 6) is -1.10. The Bertz CT molecular complexity index is 841.